The molecule has 3 nitrogen and oxygen atoms in total. The summed E-state index contributed by atoms with van der Waals surface area (Å²) in [6.07, 6.45) is 0.616. The maximum absolute atomic E-state index is 11.7. The molecule has 0 atom stereocenters. The summed E-state index contributed by atoms with van der Waals surface area (Å²) in [6.45, 7) is 5.92. The molecule has 0 aromatic heterocycles. The smallest absolute Gasteiger partial charge is 0.349 e. The number of carbonyl (C=O) groups excluding carboxylic acids is 1. The molecule has 0 fully saturated rings. The number of esters is 1. The van der Waals surface area contributed by atoms with Gasteiger partial charge in [-0.1, -0.05) is 36.8 Å². The van der Waals surface area contributed by atoms with Crippen molar-refractivity contribution in [2.24, 2.45) is 0 Å². The van der Waals surface area contributed by atoms with E-state index in [-0.39, 0.29) is 12.2 Å². The van der Waals surface area contributed by atoms with Gasteiger partial charge in [0.2, 0.25) is 0 Å². The molecule has 0 N–H and O–H groups in total. The van der Waals surface area contributed by atoms with Crippen LogP contribution in [-0.2, 0) is 9.53 Å². The molecule has 3 heteroatoms. The van der Waals surface area contributed by atoms with Gasteiger partial charge < -0.3 is 4.74 Å². The Labute approximate surface area is 108 Å². The Balaban J connectivity index is 3.24. The SMILES string of the molecule is CCOC(=O)/C(C#N)=C(/CC)c1ccc(C)cc1. The summed E-state index contributed by atoms with van der Waals surface area (Å²) >= 11 is 0. The van der Waals surface area contributed by atoms with E-state index in [2.05, 4.69) is 0 Å². The van der Waals surface area contributed by atoms with Crippen molar-refractivity contribution in [3.8, 4) is 6.07 Å². The third-order valence-corrected chi connectivity index (χ3v) is 2.65. The molecule has 0 aliphatic rings. The van der Waals surface area contributed by atoms with Gasteiger partial charge in [0.25, 0.3) is 0 Å². The summed E-state index contributed by atoms with van der Waals surface area (Å²) in [5.74, 6) is -0.544. The first kappa shape index (κ1) is 14.0. The molecular weight excluding hydrogens is 226 g/mol. The Morgan fingerprint density at radius 1 is 1.28 bits per heavy atom. The maximum Gasteiger partial charge on any atom is 0.349 e. The Bertz CT molecular complexity index is 492. The van der Waals surface area contributed by atoms with E-state index in [1.165, 1.54) is 0 Å². The second-order valence-corrected chi connectivity index (χ2v) is 3.91. The minimum absolute atomic E-state index is 0.100. The third kappa shape index (κ3) is 3.21. The van der Waals surface area contributed by atoms with Crippen molar-refractivity contribution in [1.82, 2.24) is 0 Å². The summed E-state index contributed by atoms with van der Waals surface area (Å²) in [4.78, 5) is 11.7. The van der Waals surface area contributed by atoms with Crippen LogP contribution in [0.25, 0.3) is 5.57 Å². The molecule has 0 heterocycles. The molecule has 1 aromatic carbocycles. The highest BCUT2D eigenvalue weighted by molar-refractivity contribution is 6.01. The van der Waals surface area contributed by atoms with Crippen LogP contribution >= 0.6 is 0 Å². The summed E-state index contributed by atoms with van der Waals surface area (Å²) in [7, 11) is 0. The highest BCUT2D eigenvalue weighted by atomic mass is 16.5. The number of nitrogens with zero attached hydrogens (tertiary/aromatic N) is 1. The molecule has 0 aliphatic heterocycles. The lowest BCUT2D eigenvalue weighted by Gasteiger charge is -2.08. The number of carbonyl (C=O) groups is 1. The van der Waals surface area contributed by atoms with Gasteiger partial charge in [-0.2, -0.15) is 5.26 Å². The normalized spacial score (nSPS) is 11.4. The first-order valence-corrected chi connectivity index (χ1v) is 6.01. The fourth-order valence-corrected chi connectivity index (χ4v) is 1.72. The van der Waals surface area contributed by atoms with Crippen LogP contribution in [0.4, 0.5) is 0 Å². The second kappa shape index (κ2) is 6.61. The van der Waals surface area contributed by atoms with Crippen molar-refractivity contribution in [2.75, 3.05) is 6.61 Å². The van der Waals surface area contributed by atoms with E-state index in [1.54, 1.807) is 6.92 Å². The number of allylic oxidation sites excluding steroid dienone is 1. The second-order valence-electron chi connectivity index (χ2n) is 3.91. The number of benzene rings is 1. The predicted molar refractivity (Wildman–Crippen MR) is 70.6 cm³/mol. The number of hydrogen-bond donors (Lipinski definition) is 0. The van der Waals surface area contributed by atoms with Crippen LogP contribution < -0.4 is 0 Å². The van der Waals surface area contributed by atoms with Crippen molar-refractivity contribution in [2.45, 2.75) is 27.2 Å². The molecule has 1 rings (SSSR count). The monoisotopic (exact) mass is 243 g/mol. The highest BCUT2D eigenvalue weighted by Crippen LogP contribution is 2.23. The van der Waals surface area contributed by atoms with Crippen molar-refractivity contribution in [1.29, 1.82) is 5.26 Å². The van der Waals surface area contributed by atoms with Crippen LogP contribution in [0.15, 0.2) is 29.8 Å². The van der Waals surface area contributed by atoms with Gasteiger partial charge in [0.1, 0.15) is 11.6 Å². The molecule has 94 valence electrons. The van der Waals surface area contributed by atoms with Crippen molar-refractivity contribution in [3.05, 3.63) is 41.0 Å². The lowest BCUT2D eigenvalue weighted by molar-refractivity contribution is -0.137. The number of hydrogen-bond acceptors (Lipinski definition) is 3. The molecule has 18 heavy (non-hydrogen) atoms. The largest absolute Gasteiger partial charge is 0.462 e. The van der Waals surface area contributed by atoms with E-state index in [9.17, 15) is 4.79 Å². The van der Waals surface area contributed by atoms with Crippen LogP contribution in [0.5, 0.6) is 0 Å². The Kier molecular flexibility index (Phi) is 5.13. The zero-order chi connectivity index (χ0) is 13.5. The van der Waals surface area contributed by atoms with E-state index in [4.69, 9.17) is 10.00 Å². The van der Waals surface area contributed by atoms with Crippen LogP contribution in [-0.4, -0.2) is 12.6 Å². The van der Waals surface area contributed by atoms with E-state index < -0.39 is 5.97 Å². The zero-order valence-electron chi connectivity index (χ0n) is 11.0. The van der Waals surface area contributed by atoms with Gasteiger partial charge in [-0.05, 0) is 31.4 Å². The minimum atomic E-state index is -0.544. The Hall–Kier alpha value is -2.08. The van der Waals surface area contributed by atoms with E-state index >= 15 is 0 Å². The maximum atomic E-state index is 11.7. The standard InChI is InChI=1S/C15H17NO2/c1-4-13(12-8-6-11(3)7-9-12)14(10-16)15(17)18-5-2/h6-9H,4-5H2,1-3H3/b14-13-. The van der Waals surface area contributed by atoms with Gasteiger partial charge in [0.05, 0.1) is 6.61 Å². The summed E-state index contributed by atoms with van der Waals surface area (Å²) in [5.41, 5.74) is 2.87. The summed E-state index contributed by atoms with van der Waals surface area (Å²) in [6, 6.07) is 9.73. The molecule has 0 saturated carbocycles. The molecule has 0 aliphatic carbocycles. The number of nitriles is 1. The van der Waals surface area contributed by atoms with Crippen LogP contribution in [0.3, 0.4) is 0 Å². The van der Waals surface area contributed by atoms with Crippen molar-refractivity contribution >= 4 is 11.5 Å². The van der Waals surface area contributed by atoms with Crippen molar-refractivity contribution in [3.63, 3.8) is 0 Å². The van der Waals surface area contributed by atoms with Gasteiger partial charge in [0, 0.05) is 0 Å². The molecular formula is C15H17NO2. The van der Waals surface area contributed by atoms with E-state index in [0.717, 1.165) is 16.7 Å². The number of rotatable bonds is 4. The zero-order valence-corrected chi connectivity index (χ0v) is 11.0. The predicted octanol–water partition coefficient (Wildman–Crippen LogP) is 3.25. The molecule has 0 bridgehead atoms. The summed E-state index contributed by atoms with van der Waals surface area (Å²) < 4.78 is 4.90. The fourth-order valence-electron chi connectivity index (χ4n) is 1.72. The molecule has 0 saturated heterocycles. The molecule has 0 amide bonds. The average molecular weight is 243 g/mol. The summed E-state index contributed by atoms with van der Waals surface area (Å²) in [5, 5.41) is 9.13. The quantitative estimate of drug-likeness (QED) is 0.463. The number of aryl methyl sites for hydroxylation is 1. The Morgan fingerprint density at radius 2 is 1.89 bits per heavy atom. The van der Waals surface area contributed by atoms with Gasteiger partial charge >= 0.3 is 5.97 Å². The van der Waals surface area contributed by atoms with Gasteiger partial charge in [-0.15, -0.1) is 0 Å². The molecule has 1 aromatic rings. The van der Waals surface area contributed by atoms with E-state index in [0.29, 0.717) is 6.42 Å². The number of ether oxygens (including phenoxy) is 1. The highest BCUT2D eigenvalue weighted by Gasteiger charge is 2.16. The molecule has 0 radical (unpaired) electrons. The lowest BCUT2D eigenvalue weighted by Crippen LogP contribution is -2.08. The first-order valence-electron chi connectivity index (χ1n) is 6.01. The van der Waals surface area contributed by atoms with Crippen LogP contribution in [0.1, 0.15) is 31.4 Å². The Morgan fingerprint density at radius 3 is 2.33 bits per heavy atom. The first-order chi connectivity index (χ1) is 8.63. The third-order valence-electron chi connectivity index (χ3n) is 2.65. The molecule has 0 unspecified atom stereocenters. The van der Waals surface area contributed by atoms with Crippen molar-refractivity contribution < 1.29 is 9.53 Å². The van der Waals surface area contributed by atoms with Gasteiger partial charge in [-0.25, -0.2) is 4.79 Å². The van der Waals surface area contributed by atoms with Gasteiger partial charge in [0.15, 0.2) is 0 Å². The van der Waals surface area contributed by atoms with Crippen LogP contribution in [0, 0.1) is 18.3 Å². The fraction of sp³-hybridized carbons (Fsp3) is 0.333. The van der Waals surface area contributed by atoms with E-state index in [1.807, 2.05) is 44.2 Å². The van der Waals surface area contributed by atoms with Gasteiger partial charge in [-0.3, -0.25) is 0 Å². The lowest BCUT2D eigenvalue weighted by atomic mass is 9.97. The minimum Gasteiger partial charge on any atom is -0.462 e. The molecule has 0 spiro atoms. The van der Waals surface area contributed by atoms with Crippen LogP contribution in [0.2, 0.25) is 0 Å². The topological polar surface area (TPSA) is 50.1 Å². The average Bonchev–Trinajstić information content (AvgIpc) is 2.37.